The van der Waals surface area contributed by atoms with Crippen molar-refractivity contribution in [3.05, 3.63) is 73.2 Å². The molecule has 1 aromatic heterocycles. The molecule has 4 fully saturated rings. The lowest BCUT2D eigenvalue weighted by atomic mass is 9.68. The number of ether oxygens (including phenoxy) is 3. The van der Waals surface area contributed by atoms with Gasteiger partial charge in [-0.05, 0) is 73.6 Å². The van der Waals surface area contributed by atoms with Crippen molar-refractivity contribution < 1.29 is 33.4 Å². The number of carbonyl (C=O) groups excluding carboxylic acids is 4. The minimum Gasteiger partial charge on any atom is -0.483 e. The SMILES string of the molecule is CCOC(=O)c1ccc(N2C(=O)C3C4CC(C3C2=O)C2C4Sc3[nH]c(=O)sc3[C@@H]2c2cc(Cl)ccc2OCC(=O)N2CCOCC2)cc1. The Kier molecular flexibility index (Phi) is 8.13. The average molecular weight is 710 g/mol. The molecule has 11 nitrogen and oxygen atoms in total. The fourth-order valence-corrected chi connectivity index (χ4v) is 11.6. The predicted molar refractivity (Wildman–Crippen MR) is 178 cm³/mol. The highest BCUT2D eigenvalue weighted by atomic mass is 35.5. The second kappa shape index (κ2) is 12.3. The molecule has 0 radical (unpaired) electrons. The van der Waals surface area contributed by atoms with Crippen LogP contribution in [0, 0.1) is 29.6 Å². The number of carbonyl (C=O) groups is 4. The number of anilines is 1. The van der Waals surface area contributed by atoms with Crippen molar-refractivity contribution in [2.45, 2.75) is 29.5 Å². The Morgan fingerprint density at radius 3 is 2.48 bits per heavy atom. The van der Waals surface area contributed by atoms with Gasteiger partial charge in [-0.3, -0.25) is 24.1 Å². The standard InChI is InChI=1S/C34H32ClN3O8S2/c1-2-45-33(42)16-3-6-18(7-4-16)38-31(40)26-20-14-21(27(26)32(38)41)28-25(20)24(29-30(47-28)36-34(43)48-29)19-13-17(35)5-8-22(19)46-15-23(39)37-9-11-44-12-10-37/h3-8,13,20-21,24-28H,2,9-12,14-15H2,1H3,(H,36,43)/t20?,21?,24-,25?,26?,27?,28?/m1/s1. The third-order valence-corrected chi connectivity index (χ3v) is 13.2. The smallest absolute Gasteiger partial charge is 0.338 e. The van der Waals surface area contributed by atoms with Gasteiger partial charge in [0.15, 0.2) is 6.61 Å². The summed E-state index contributed by atoms with van der Waals surface area (Å²) < 4.78 is 16.7. The number of aromatic nitrogens is 1. The van der Waals surface area contributed by atoms with Crippen molar-refractivity contribution in [1.82, 2.24) is 9.88 Å². The van der Waals surface area contributed by atoms with Gasteiger partial charge in [-0.25, -0.2) is 4.79 Å². The minimum absolute atomic E-state index is 0.0382. The maximum absolute atomic E-state index is 14.2. The number of halogens is 1. The summed E-state index contributed by atoms with van der Waals surface area (Å²) in [5.74, 6) is -2.20. The van der Waals surface area contributed by atoms with Crippen molar-refractivity contribution in [2.24, 2.45) is 29.6 Å². The van der Waals surface area contributed by atoms with Crippen LogP contribution in [0.2, 0.25) is 5.02 Å². The molecule has 2 saturated carbocycles. The summed E-state index contributed by atoms with van der Waals surface area (Å²) in [6, 6.07) is 11.7. The summed E-state index contributed by atoms with van der Waals surface area (Å²) in [6.45, 7) is 3.79. The zero-order valence-electron chi connectivity index (χ0n) is 25.9. The molecule has 3 aromatic rings. The molecule has 250 valence electrons. The number of aromatic amines is 1. The molecular weight excluding hydrogens is 678 g/mol. The van der Waals surface area contributed by atoms with E-state index < -0.39 is 17.8 Å². The van der Waals surface area contributed by atoms with E-state index in [1.54, 1.807) is 60.0 Å². The molecule has 6 unspecified atom stereocenters. The third-order valence-electron chi connectivity index (χ3n) is 10.4. The van der Waals surface area contributed by atoms with Crippen LogP contribution in [0.25, 0.3) is 0 Å². The summed E-state index contributed by atoms with van der Waals surface area (Å²) in [4.78, 5) is 72.9. The topological polar surface area (TPSA) is 135 Å². The van der Waals surface area contributed by atoms with E-state index in [0.29, 0.717) is 54.7 Å². The molecule has 4 heterocycles. The van der Waals surface area contributed by atoms with E-state index in [2.05, 4.69) is 4.98 Å². The highest BCUT2D eigenvalue weighted by molar-refractivity contribution is 8.00. The molecule has 2 saturated heterocycles. The number of esters is 1. The highest BCUT2D eigenvalue weighted by Crippen LogP contribution is 2.69. The first-order valence-corrected chi connectivity index (χ1v) is 18.1. The van der Waals surface area contributed by atoms with E-state index >= 15 is 0 Å². The van der Waals surface area contributed by atoms with Gasteiger partial charge in [0.1, 0.15) is 5.75 Å². The van der Waals surface area contributed by atoms with Crippen LogP contribution in [0.4, 0.5) is 5.69 Å². The second-order valence-electron chi connectivity index (χ2n) is 12.7. The Morgan fingerprint density at radius 1 is 1.02 bits per heavy atom. The zero-order valence-corrected chi connectivity index (χ0v) is 28.3. The molecule has 48 heavy (non-hydrogen) atoms. The second-order valence-corrected chi connectivity index (χ2v) is 15.3. The fraction of sp³-hybridized carbons (Fsp3) is 0.441. The summed E-state index contributed by atoms with van der Waals surface area (Å²) in [7, 11) is 0. The molecule has 3 aliphatic heterocycles. The first-order chi connectivity index (χ1) is 23.2. The molecule has 2 bridgehead atoms. The number of thiazole rings is 1. The lowest BCUT2D eigenvalue weighted by Gasteiger charge is -2.43. The molecule has 2 aromatic carbocycles. The van der Waals surface area contributed by atoms with Gasteiger partial charge >= 0.3 is 10.8 Å². The van der Waals surface area contributed by atoms with Gasteiger partial charge in [-0.1, -0.05) is 22.9 Å². The van der Waals surface area contributed by atoms with Gasteiger partial charge in [-0.15, -0.1) is 11.8 Å². The number of hydrogen-bond donors (Lipinski definition) is 1. The number of rotatable bonds is 7. The minimum atomic E-state index is -0.514. The van der Waals surface area contributed by atoms with Gasteiger partial charge in [-0.2, -0.15) is 0 Å². The molecule has 3 amide bonds. The lowest BCUT2D eigenvalue weighted by Crippen LogP contribution is -2.43. The van der Waals surface area contributed by atoms with Crippen LogP contribution < -0.4 is 14.5 Å². The number of morpholine rings is 1. The quantitative estimate of drug-likeness (QED) is 0.283. The van der Waals surface area contributed by atoms with Gasteiger partial charge in [0.25, 0.3) is 5.91 Å². The van der Waals surface area contributed by atoms with Gasteiger partial charge in [0, 0.05) is 39.7 Å². The van der Waals surface area contributed by atoms with Crippen LogP contribution >= 0.6 is 34.7 Å². The molecule has 0 spiro atoms. The summed E-state index contributed by atoms with van der Waals surface area (Å²) >= 11 is 9.32. The molecule has 2 aliphatic carbocycles. The fourth-order valence-electron chi connectivity index (χ4n) is 8.52. The van der Waals surface area contributed by atoms with E-state index in [4.69, 9.17) is 25.8 Å². The van der Waals surface area contributed by atoms with Gasteiger partial charge in [0.2, 0.25) is 11.8 Å². The van der Waals surface area contributed by atoms with Gasteiger partial charge in [0.05, 0.1) is 47.9 Å². The van der Waals surface area contributed by atoms with E-state index in [1.165, 1.54) is 4.90 Å². The van der Waals surface area contributed by atoms with E-state index in [0.717, 1.165) is 26.8 Å². The summed E-state index contributed by atoms with van der Waals surface area (Å²) in [6.07, 6.45) is 0.715. The molecule has 14 heteroatoms. The number of hydrogen-bond acceptors (Lipinski definition) is 10. The first-order valence-electron chi connectivity index (χ1n) is 16.1. The number of thioether (sulfide) groups is 1. The Hall–Kier alpha value is -3.65. The molecular formula is C34H32ClN3O8S2. The van der Waals surface area contributed by atoms with Crippen LogP contribution in [-0.4, -0.2) is 78.3 Å². The third kappa shape index (κ3) is 5.08. The summed E-state index contributed by atoms with van der Waals surface area (Å²) in [5.41, 5.74) is 1.53. The van der Waals surface area contributed by atoms with E-state index in [1.807, 2.05) is 6.07 Å². The zero-order chi connectivity index (χ0) is 33.3. The first kappa shape index (κ1) is 31.6. The molecule has 1 N–H and O–H groups in total. The monoisotopic (exact) mass is 709 g/mol. The lowest BCUT2D eigenvalue weighted by molar-refractivity contribution is -0.137. The molecule has 5 aliphatic rings. The van der Waals surface area contributed by atoms with Crippen molar-refractivity contribution in [1.29, 1.82) is 0 Å². The number of fused-ring (bicyclic) bond motifs is 9. The number of nitrogens with one attached hydrogen (secondary N) is 1. The molecule has 7 atom stereocenters. The van der Waals surface area contributed by atoms with Crippen LogP contribution in [0.5, 0.6) is 5.75 Å². The van der Waals surface area contributed by atoms with Crippen molar-refractivity contribution >= 4 is 64.1 Å². The van der Waals surface area contributed by atoms with Crippen molar-refractivity contribution in [2.75, 3.05) is 44.4 Å². The molecule has 8 rings (SSSR count). The average Bonchev–Trinajstić information content (AvgIpc) is 3.83. The Bertz CT molecular complexity index is 1870. The Labute approximate surface area is 288 Å². The number of H-pyrrole nitrogens is 1. The maximum Gasteiger partial charge on any atom is 0.338 e. The van der Waals surface area contributed by atoms with E-state index in [-0.39, 0.29) is 64.7 Å². The van der Waals surface area contributed by atoms with Crippen molar-refractivity contribution in [3.63, 3.8) is 0 Å². The van der Waals surface area contributed by atoms with Crippen LogP contribution in [0.3, 0.4) is 0 Å². The number of benzene rings is 2. The Balaban J connectivity index is 1.13. The summed E-state index contributed by atoms with van der Waals surface area (Å²) in [5, 5.41) is 1.21. The number of nitrogens with zero attached hydrogens (tertiary/aromatic N) is 2. The van der Waals surface area contributed by atoms with Gasteiger partial charge < -0.3 is 24.1 Å². The largest absolute Gasteiger partial charge is 0.483 e. The number of amides is 3. The van der Waals surface area contributed by atoms with Crippen LogP contribution in [0.15, 0.2) is 52.3 Å². The number of imide groups is 1. The Morgan fingerprint density at radius 2 is 1.75 bits per heavy atom. The van der Waals surface area contributed by atoms with Crippen LogP contribution in [0.1, 0.15) is 40.1 Å². The van der Waals surface area contributed by atoms with Crippen molar-refractivity contribution in [3.8, 4) is 5.75 Å². The van der Waals surface area contributed by atoms with Crippen LogP contribution in [-0.2, 0) is 23.9 Å². The maximum atomic E-state index is 14.2. The van der Waals surface area contributed by atoms with E-state index in [9.17, 15) is 24.0 Å². The highest BCUT2D eigenvalue weighted by Gasteiger charge is 2.70. The predicted octanol–water partition coefficient (Wildman–Crippen LogP) is 4.18. The normalized spacial score (nSPS) is 28.7.